The molecule has 2 aromatic carbocycles. The van der Waals surface area contributed by atoms with E-state index in [1.807, 2.05) is 12.1 Å². The van der Waals surface area contributed by atoms with Crippen LogP contribution < -0.4 is 0 Å². The minimum atomic E-state index is 0.0337. The highest BCUT2D eigenvalue weighted by atomic mass is 32.2. The van der Waals surface area contributed by atoms with E-state index in [2.05, 4.69) is 65.4 Å². The Bertz CT molecular complexity index is 909. The van der Waals surface area contributed by atoms with E-state index < -0.39 is 0 Å². The van der Waals surface area contributed by atoms with Gasteiger partial charge < -0.3 is 4.90 Å². The third-order valence-electron chi connectivity index (χ3n) is 4.62. The Morgan fingerprint density at radius 3 is 2.54 bits per heavy atom. The van der Waals surface area contributed by atoms with Crippen LogP contribution in [-0.4, -0.2) is 50.9 Å². The predicted molar refractivity (Wildman–Crippen MR) is 113 cm³/mol. The van der Waals surface area contributed by atoms with E-state index in [9.17, 15) is 4.79 Å². The summed E-state index contributed by atoms with van der Waals surface area (Å²) in [5.74, 6) is 0. The van der Waals surface area contributed by atoms with Crippen LogP contribution in [0.3, 0.4) is 0 Å². The van der Waals surface area contributed by atoms with E-state index in [1.54, 1.807) is 30.0 Å². The first-order chi connectivity index (χ1) is 13.4. The number of hydrogen-bond donors (Lipinski definition) is 0. The van der Waals surface area contributed by atoms with Gasteiger partial charge in [-0.05, 0) is 61.1 Å². The second-order valence-electron chi connectivity index (χ2n) is 6.93. The fourth-order valence-corrected chi connectivity index (χ4v) is 3.57. The largest absolute Gasteiger partial charge is 0.339 e. The molecular weight excluding hydrogens is 370 g/mol. The van der Waals surface area contributed by atoms with Crippen LogP contribution in [0.15, 0.2) is 66.1 Å². The molecule has 0 spiro atoms. The van der Waals surface area contributed by atoms with Crippen molar-refractivity contribution in [3.63, 3.8) is 0 Å². The highest BCUT2D eigenvalue weighted by Gasteiger charge is 2.13. The third-order valence-corrected chi connectivity index (χ3v) is 5.65. The molecule has 1 amide bonds. The first-order valence-corrected chi connectivity index (χ1v) is 9.89. The van der Waals surface area contributed by atoms with Crippen LogP contribution in [0.1, 0.15) is 24.1 Å². The van der Waals surface area contributed by atoms with Gasteiger partial charge in [-0.25, -0.2) is 9.67 Å². The van der Waals surface area contributed by atoms with Gasteiger partial charge in [0.05, 0.1) is 5.69 Å². The lowest BCUT2D eigenvalue weighted by Crippen LogP contribution is -2.22. The highest BCUT2D eigenvalue weighted by Crippen LogP contribution is 2.25. The van der Waals surface area contributed by atoms with E-state index >= 15 is 0 Å². The molecule has 1 aromatic heterocycles. The Hall–Kier alpha value is -2.64. The maximum Gasteiger partial charge on any atom is 0.285 e. The zero-order chi connectivity index (χ0) is 20.1. The van der Waals surface area contributed by atoms with Crippen LogP contribution in [-0.2, 0) is 6.54 Å². The van der Waals surface area contributed by atoms with Crippen molar-refractivity contribution < 1.29 is 4.79 Å². The van der Waals surface area contributed by atoms with Gasteiger partial charge in [0.15, 0.2) is 0 Å². The summed E-state index contributed by atoms with van der Waals surface area (Å²) < 4.78 is 1.75. The molecule has 146 valence electrons. The van der Waals surface area contributed by atoms with Crippen LogP contribution in [0.4, 0.5) is 4.79 Å². The van der Waals surface area contributed by atoms with Gasteiger partial charge in [-0.3, -0.25) is 9.69 Å². The van der Waals surface area contributed by atoms with Gasteiger partial charge in [-0.1, -0.05) is 24.3 Å². The molecule has 1 atom stereocenters. The van der Waals surface area contributed by atoms with Crippen LogP contribution in [0.5, 0.6) is 0 Å². The number of carbonyl (C=O) groups excluding carboxylic acids is 1. The van der Waals surface area contributed by atoms with Crippen molar-refractivity contribution >= 4 is 17.0 Å². The number of rotatable bonds is 6. The standard InChI is InChI=1S/C21H25N5OS/c1-16(18-8-10-19(11-9-18)26-15-22-14-23-26)25(4)13-17-6-5-7-20(12-17)28-21(27)24(2)3/h5-12,14-16H,13H2,1-4H3/t16-/m1/s1. The Kier molecular flexibility index (Phi) is 6.49. The van der Waals surface area contributed by atoms with Gasteiger partial charge in [-0.15, -0.1) is 0 Å². The maximum atomic E-state index is 11.9. The Labute approximate surface area is 170 Å². The molecule has 0 N–H and O–H groups in total. The maximum absolute atomic E-state index is 11.9. The third kappa shape index (κ3) is 4.99. The van der Waals surface area contributed by atoms with Gasteiger partial charge in [0.2, 0.25) is 0 Å². The quantitative estimate of drug-likeness (QED) is 0.585. The number of aromatic nitrogens is 3. The van der Waals surface area contributed by atoms with Crippen molar-refractivity contribution in [1.29, 1.82) is 0 Å². The number of hydrogen-bond acceptors (Lipinski definition) is 5. The summed E-state index contributed by atoms with van der Waals surface area (Å²) in [7, 11) is 5.65. The second kappa shape index (κ2) is 9.03. The summed E-state index contributed by atoms with van der Waals surface area (Å²) in [6.45, 7) is 3.00. The van der Waals surface area contributed by atoms with Crippen LogP contribution in [0.2, 0.25) is 0 Å². The fourth-order valence-electron chi connectivity index (χ4n) is 2.83. The summed E-state index contributed by atoms with van der Waals surface area (Å²) >= 11 is 1.25. The van der Waals surface area contributed by atoms with Crippen molar-refractivity contribution in [1.82, 2.24) is 24.6 Å². The van der Waals surface area contributed by atoms with E-state index in [0.717, 1.165) is 17.1 Å². The van der Waals surface area contributed by atoms with Gasteiger partial charge in [0, 0.05) is 31.6 Å². The zero-order valence-electron chi connectivity index (χ0n) is 16.6. The summed E-state index contributed by atoms with van der Waals surface area (Å²) in [4.78, 5) is 20.8. The SMILES string of the molecule is C[C@H](c1ccc(-n2cncn2)cc1)N(C)Cc1cccc(SC(=O)N(C)C)c1. The van der Waals surface area contributed by atoms with Gasteiger partial charge in [0.25, 0.3) is 5.24 Å². The van der Waals surface area contributed by atoms with Crippen molar-refractivity contribution in [2.24, 2.45) is 0 Å². The molecule has 0 aliphatic carbocycles. The first-order valence-electron chi connectivity index (χ1n) is 9.07. The number of thioether (sulfide) groups is 1. The van der Waals surface area contributed by atoms with Crippen LogP contribution >= 0.6 is 11.8 Å². The summed E-state index contributed by atoms with van der Waals surface area (Å²) in [5.41, 5.74) is 3.41. The first kappa shape index (κ1) is 20.1. The normalized spacial score (nSPS) is 12.2. The van der Waals surface area contributed by atoms with E-state index in [4.69, 9.17) is 0 Å². The van der Waals surface area contributed by atoms with Crippen LogP contribution in [0.25, 0.3) is 5.69 Å². The molecule has 3 rings (SSSR count). The molecule has 0 aliphatic heterocycles. The smallest absolute Gasteiger partial charge is 0.285 e. The topological polar surface area (TPSA) is 54.3 Å². The molecule has 7 heteroatoms. The number of nitrogens with zero attached hydrogens (tertiary/aromatic N) is 5. The van der Waals surface area contributed by atoms with Crippen molar-refractivity contribution in [3.05, 3.63) is 72.3 Å². The average molecular weight is 396 g/mol. The van der Waals surface area contributed by atoms with Gasteiger partial charge >= 0.3 is 0 Å². The molecule has 0 aliphatic rings. The average Bonchev–Trinajstić information content (AvgIpc) is 3.22. The second-order valence-corrected chi connectivity index (χ2v) is 7.96. The summed E-state index contributed by atoms with van der Waals surface area (Å²) in [6, 6.07) is 16.8. The van der Waals surface area contributed by atoms with Crippen LogP contribution in [0, 0.1) is 0 Å². The van der Waals surface area contributed by atoms with Crippen molar-refractivity contribution in [2.75, 3.05) is 21.1 Å². The Balaban J connectivity index is 1.65. The van der Waals surface area contributed by atoms with Crippen molar-refractivity contribution in [3.8, 4) is 5.69 Å². The lowest BCUT2D eigenvalue weighted by molar-refractivity contribution is 0.241. The molecule has 0 unspecified atom stereocenters. The summed E-state index contributed by atoms with van der Waals surface area (Å²) in [5, 5.41) is 4.19. The van der Waals surface area contributed by atoms with E-state index in [-0.39, 0.29) is 11.3 Å². The van der Waals surface area contributed by atoms with E-state index in [0.29, 0.717) is 0 Å². The molecule has 0 bridgehead atoms. The lowest BCUT2D eigenvalue weighted by atomic mass is 10.1. The molecule has 0 radical (unpaired) electrons. The molecule has 3 aromatic rings. The van der Waals surface area contributed by atoms with Crippen molar-refractivity contribution in [2.45, 2.75) is 24.4 Å². The van der Waals surface area contributed by atoms with Gasteiger partial charge in [-0.2, -0.15) is 5.10 Å². The molecule has 1 heterocycles. The number of carbonyl (C=O) groups is 1. The highest BCUT2D eigenvalue weighted by molar-refractivity contribution is 8.13. The van der Waals surface area contributed by atoms with Gasteiger partial charge in [0.1, 0.15) is 12.7 Å². The molecular formula is C21H25N5OS. The number of amides is 1. The molecule has 0 saturated heterocycles. The van der Waals surface area contributed by atoms with E-state index in [1.165, 1.54) is 29.2 Å². The Morgan fingerprint density at radius 2 is 1.89 bits per heavy atom. The fraction of sp³-hybridized carbons (Fsp3) is 0.286. The lowest BCUT2D eigenvalue weighted by Gasteiger charge is -2.25. The minimum absolute atomic E-state index is 0.0337. The summed E-state index contributed by atoms with van der Waals surface area (Å²) in [6.07, 6.45) is 3.22. The molecule has 0 fully saturated rings. The number of benzene rings is 2. The molecule has 0 saturated carbocycles. The predicted octanol–water partition coefficient (Wildman–Crippen LogP) is 4.23. The zero-order valence-corrected chi connectivity index (χ0v) is 17.4. The Morgan fingerprint density at radius 1 is 1.14 bits per heavy atom. The monoisotopic (exact) mass is 395 g/mol. The molecule has 6 nitrogen and oxygen atoms in total. The minimum Gasteiger partial charge on any atom is -0.339 e. The molecule has 28 heavy (non-hydrogen) atoms.